The first kappa shape index (κ1) is 38.1. The van der Waals surface area contributed by atoms with Gasteiger partial charge in [0.05, 0.1) is 6.04 Å². The van der Waals surface area contributed by atoms with Gasteiger partial charge in [0.25, 0.3) is 0 Å². The van der Waals surface area contributed by atoms with E-state index < -0.39 is 0 Å². The molecule has 5 nitrogen and oxygen atoms in total. The summed E-state index contributed by atoms with van der Waals surface area (Å²) in [5.74, 6) is 8.00. The minimum atomic E-state index is -0.116. The maximum absolute atomic E-state index is 6.56. The fourth-order valence-corrected chi connectivity index (χ4v) is 5.82. The lowest BCUT2D eigenvalue weighted by atomic mass is 9.92. The SMILES string of the molecule is C/C=C\c1cc(-c2cccc(-c3ccccc3)c2)cc(-c2ccc(C)cc2)c1N.CCC/C=C(\N)c1cccc(C(N)c2ccccc2)c1.NN. The van der Waals surface area contributed by atoms with Crippen LogP contribution in [0.15, 0.2) is 158 Å². The molecule has 0 aliphatic carbocycles. The average Bonchev–Trinajstić information content (AvgIpc) is 3.19. The molecule has 6 aromatic carbocycles. The van der Waals surface area contributed by atoms with Crippen LogP contribution in [0.4, 0.5) is 5.69 Å². The summed E-state index contributed by atoms with van der Waals surface area (Å²) < 4.78 is 0. The number of aryl methyl sites for hydroxylation is 1. The predicted octanol–water partition coefficient (Wildman–Crippen LogP) is 10.3. The van der Waals surface area contributed by atoms with E-state index in [-0.39, 0.29) is 6.04 Å². The van der Waals surface area contributed by atoms with Crippen LogP contribution in [0.1, 0.15) is 60.5 Å². The van der Waals surface area contributed by atoms with Gasteiger partial charge in [-0.25, -0.2) is 0 Å². The molecule has 0 heterocycles. The summed E-state index contributed by atoms with van der Waals surface area (Å²) in [5.41, 5.74) is 33.2. The van der Waals surface area contributed by atoms with Crippen LogP contribution in [-0.4, -0.2) is 0 Å². The molecule has 0 saturated heterocycles. The van der Waals surface area contributed by atoms with Gasteiger partial charge in [-0.15, -0.1) is 0 Å². The smallest absolute Gasteiger partial charge is 0.0551 e. The first-order valence-electron chi connectivity index (χ1n) is 17.4. The van der Waals surface area contributed by atoms with Crippen molar-refractivity contribution in [2.24, 2.45) is 23.2 Å². The highest BCUT2D eigenvalue weighted by molar-refractivity contribution is 5.88. The number of anilines is 1. The molecular formula is C46H51N5. The second-order valence-corrected chi connectivity index (χ2v) is 12.3. The number of hydrogen-bond donors (Lipinski definition) is 5. The maximum atomic E-state index is 6.56. The van der Waals surface area contributed by atoms with E-state index in [1.54, 1.807) is 0 Å². The number of nitrogens with two attached hydrogens (primary N) is 5. The Morgan fingerprint density at radius 3 is 1.86 bits per heavy atom. The van der Waals surface area contributed by atoms with Crippen LogP contribution in [0.5, 0.6) is 0 Å². The van der Waals surface area contributed by atoms with Crippen LogP contribution < -0.4 is 28.9 Å². The van der Waals surface area contributed by atoms with E-state index >= 15 is 0 Å². The van der Waals surface area contributed by atoms with Crippen molar-refractivity contribution in [3.8, 4) is 33.4 Å². The van der Waals surface area contributed by atoms with Gasteiger partial charge in [0.1, 0.15) is 0 Å². The quantitative estimate of drug-likeness (QED) is 0.0592. The maximum Gasteiger partial charge on any atom is 0.0551 e. The number of allylic oxidation sites excluding steroid dienone is 2. The van der Waals surface area contributed by atoms with Crippen LogP contribution >= 0.6 is 0 Å². The molecule has 0 spiro atoms. The van der Waals surface area contributed by atoms with Crippen LogP contribution in [0.3, 0.4) is 0 Å². The minimum Gasteiger partial charge on any atom is -0.399 e. The van der Waals surface area contributed by atoms with E-state index in [1.165, 1.54) is 27.8 Å². The molecule has 5 heteroatoms. The molecule has 0 radical (unpaired) electrons. The number of rotatable bonds is 9. The largest absolute Gasteiger partial charge is 0.399 e. The Hall–Kier alpha value is -5.72. The lowest BCUT2D eigenvalue weighted by Crippen LogP contribution is -2.12. The van der Waals surface area contributed by atoms with Gasteiger partial charge >= 0.3 is 0 Å². The number of benzene rings is 6. The third-order valence-electron chi connectivity index (χ3n) is 8.61. The molecule has 0 bridgehead atoms. The second-order valence-electron chi connectivity index (χ2n) is 12.3. The monoisotopic (exact) mass is 673 g/mol. The molecule has 0 aliphatic heterocycles. The molecule has 6 rings (SSSR count). The van der Waals surface area contributed by atoms with E-state index in [1.807, 2.05) is 67.6 Å². The van der Waals surface area contributed by atoms with Gasteiger partial charge in [-0.1, -0.05) is 158 Å². The number of nitrogen functional groups attached to an aromatic ring is 1. The van der Waals surface area contributed by atoms with Crippen LogP contribution in [0.2, 0.25) is 0 Å². The van der Waals surface area contributed by atoms with Crippen molar-refractivity contribution < 1.29 is 0 Å². The fourth-order valence-electron chi connectivity index (χ4n) is 5.82. The summed E-state index contributed by atoms with van der Waals surface area (Å²) in [5, 5.41) is 0. The van der Waals surface area contributed by atoms with E-state index in [4.69, 9.17) is 17.2 Å². The molecule has 260 valence electrons. The molecule has 10 N–H and O–H groups in total. The van der Waals surface area contributed by atoms with Crippen molar-refractivity contribution in [2.45, 2.75) is 39.7 Å². The fraction of sp³-hybridized carbons (Fsp3) is 0.130. The Balaban J connectivity index is 0.000000232. The summed E-state index contributed by atoms with van der Waals surface area (Å²) in [7, 11) is 0. The zero-order chi connectivity index (χ0) is 36.6. The Bertz CT molecular complexity index is 2010. The molecule has 0 amide bonds. The second kappa shape index (κ2) is 19.5. The van der Waals surface area contributed by atoms with Crippen molar-refractivity contribution in [1.82, 2.24) is 0 Å². The standard InChI is InChI=1S/C28H25N.C18H22N2.H4N2/c1-3-8-25-18-26(19-27(28(25)29)22-15-13-20(2)14-16-22)24-12-7-11-23(17-24)21-9-5-4-6-10-21;1-2-3-12-17(19)15-10-7-11-16(13-15)18(20)14-8-5-4-6-9-14;1-2/h3-19H,29H2,1-2H3;4-13,18H,2-3,19-20H2,1H3;1-2H2/b8-3-;17-12-;. The van der Waals surface area contributed by atoms with Gasteiger partial charge in [-0.3, -0.25) is 11.7 Å². The van der Waals surface area contributed by atoms with Crippen molar-refractivity contribution in [3.63, 3.8) is 0 Å². The molecule has 0 aliphatic rings. The van der Waals surface area contributed by atoms with E-state index in [9.17, 15) is 0 Å². The summed E-state index contributed by atoms with van der Waals surface area (Å²) >= 11 is 0. The van der Waals surface area contributed by atoms with Gasteiger partial charge in [0.15, 0.2) is 0 Å². The average molecular weight is 674 g/mol. The van der Waals surface area contributed by atoms with E-state index in [0.29, 0.717) is 0 Å². The molecule has 0 fully saturated rings. The predicted molar refractivity (Wildman–Crippen MR) is 221 cm³/mol. The van der Waals surface area contributed by atoms with Crippen LogP contribution in [-0.2, 0) is 0 Å². The highest BCUT2D eigenvalue weighted by Crippen LogP contribution is 2.36. The summed E-state index contributed by atoms with van der Waals surface area (Å²) in [6, 6.07) is 50.3. The molecular weight excluding hydrogens is 623 g/mol. The molecule has 6 aromatic rings. The number of unbranched alkanes of at least 4 members (excludes halogenated alkanes) is 1. The zero-order valence-corrected chi connectivity index (χ0v) is 30.0. The van der Waals surface area contributed by atoms with Gasteiger partial charge in [-0.05, 0) is 94.6 Å². The summed E-state index contributed by atoms with van der Waals surface area (Å²) in [6.07, 6.45) is 8.30. The first-order chi connectivity index (χ1) is 24.9. The lowest BCUT2D eigenvalue weighted by Gasteiger charge is -2.14. The van der Waals surface area contributed by atoms with Crippen LogP contribution in [0.25, 0.3) is 45.2 Å². The topological polar surface area (TPSA) is 130 Å². The highest BCUT2D eigenvalue weighted by Gasteiger charge is 2.12. The van der Waals surface area contributed by atoms with Crippen molar-refractivity contribution in [2.75, 3.05) is 5.73 Å². The Morgan fingerprint density at radius 2 is 1.22 bits per heavy atom. The third-order valence-corrected chi connectivity index (χ3v) is 8.61. The molecule has 1 atom stereocenters. The minimum absolute atomic E-state index is 0.116. The number of hydrazine groups is 1. The van der Waals surface area contributed by atoms with Crippen molar-refractivity contribution in [3.05, 3.63) is 186 Å². The normalized spacial score (nSPS) is 11.6. The summed E-state index contributed by atoms with van der Waals surface area (Å²) in [6.45, 7) is 6.27. The Morgan fingerprint density at radius 1 is 0.627 bits per heavy atom. The number of hydrogen-bond acceptors (Lipinski definition) is 5. The lowest BCUT2D eigenvalue weighted by molar-refractivity contribution is 0.871. The third kappa shape index (κ3) is 10.4. The van der Waals surface area contributed by atoms with Crippen molar-refractivity contribution >= 4 is 17.5 Å². The summed E-state index contributed by atoms with van der Waals surface area (Å²) in [4.78, 5) is 0. The Kier molecular flexibility index (Phi) is 14.5. The van der Waals surface area contributed by atoms with Gasteiger partial charge in [-0.2, -0.15) is 0 Å². The zero-order valence-electron chi connectivity index (χ0n) is 30.0. The Labute approximate surface area is 304 Å². The highest BCUT2D eigenvalue weighted by atomic mass is 15.0. The molecule has 0 aromatic heterocycles. The van der Waals surface area contributed by atoms with Gasteiger partial charge < -0.3 is 17.2 Å². The van der Waals surface area contributed by atoms with E-state index in [0.717, 1.165) is 57.6 Å². The molecule has 51 heavy (non-hydrogen) atoms. The molecule has 1 unspecified atom stereocenters. The van der Waals surface area contributed by atoms with E-state index in [2.05, 4.69) is 129 Å². The van der Waals surface area contributed by atoms with Gasteiger partial charge in [0.2, 0.25) is 0 Å². The first-order valence-corrected chi connectivity index (χ1v) is 17.4. The molecule has 0 saturated carbocycles. The van der Waals surface area contributed by atoms with Crippen molar-refractivity contribution in [1.29, 1.82) is 0 Å². The van der Waals surface area contributed by atoms with Crippen LogP contribution in [0, 0.1) is 6.92 Å². The van der Waals surface area contributed by atoms with Gasteiger partial charge in [0, 0.05) is 16.9 Å².